The molecular formula is C14H13BrN4O. The van der Waals surface area contributed by atoms with Crippen LogP contribution in [0.15, 0.2) is 39.6 Å². The Kier molecular flexibility index (Phi) is 3.40. The van der Waals surface area contributed by atoms with Gasteiger partial charge in [-0.2, -0.15) is 0 Å². The van der Waals surface area contributed by atoms with Gasteiger partial charge in [-0.15, -0.1) is 0 Å². The maximum atomic E-state index is 5.53. The predicted molar refractivity (Wildman–Crippen MR) is 80.5 cm³/mol. The van der Waals surface area contributed by atoms with Crippen molar-refractivity contribution in [3.05, 3.63) is 46.8 Å². The largest absolute Gasteiger partial charge is 0.444 e. The molecule has 6 heteroatoms. The molecule has 0 saturated heterocycles. The zero-order valence-corrected chi connectivity index (χ0v) is 12.7. The van der Waals surface area contributed by atoms with E-state index in [1.807, 2.05) is 26.0 Å². The molecule has 3 heterocycles. The summed E-state index contributed by atoms with van der Waals surface area (Å²) in [6, 6.07) is 3.79. The maximum absolute atomic E-state index is 5.53. The van der Waals surface area contributed by atoms with E-state index in [0.717, 1.165) is 27.0 Å². The maximum Gasteiger partial charge on any atom is 0.216 e. The first kappa shape index (κ1) is 13.1. The first-order chi connectivity index (χ1) is 9.63. The number of hydrogen-bond donors (Lipinski definition) is 1. The molecule has 1 N–H and O–H groups in total. The number of aryl methyl sites for hydroxylation is 1. The molecule has 0 aliphatic heterocycles. The number of anilines is 1. The lowest BCUT2D eigenvalue weighted by atomic mass is 10.2. The second-order valence-corrected chi connectivity index (χ2v) is 5.47. The van der Waals surface area contributed by atoms with Crippen LogP contribution in [0.3, 0.4) is 0 Å². The van der Waals surface area contributed by atoms with Crippen molar-refractivity contribution in [2.24, 2.45) is 0 Å². The minimum Gasteiger partial charge on any atom is -0.444 e. The Morgan fingerprint density at radius 3 is 2.85 bits per heavy atom. The highest BCUT2D eigenvalue weighted by Gasteiger charge is 2.13. The molecule has 0 saturated carbocycles. The van der Waals surface area contributed by atoms with Crippen LogP contribution in [0, 0.1) is 6.92 Å². The average Bonchev–Trinajstić information content (AvgIpc) is 2.85. The molecule has 0 amide bonds. The molecule has 3 aromatic rings. The molecule has 1 unspecified atom stereocenters. The van der Waals surface area contributed by atoms with Gasteiger partial charge in [0.1, 0.15) is 17.3 Å². The number of halogens is 1. The molecule has 1 atom stereocenters. The van der Waals surface area contributed by atoms with E-state index in [4.69, 9.17) is 4.42 Å². The molecule has 0 fully saturated rings. The molecular weight excluding hydrogens is 320 g/mol. The SMILES string of the molecule is Cc1cnc(C(C)Nc2ccnc3cc(Br)cnc23)o1. The van der Waals surface area contributed by atoms with Crippen LogP contribution in [0.5, 0.6) is 0 Å². The Hall–Kier alpha value is -1.95. The summed E-state index contributed by atoms with van der Waals surface area (Å²) in [5.74, 6) is 1.46. The van der Waals surface area contributed by atoms with E-state index in [2.05, 4.69) is 36.2 Å². The van der Waals surface area contributed by atoms with Crippen LogP contribution < -0.4 is 5.32 Å². The van der Waals surface area contributed by atoms with Crippen molar-refractivity contribution in [1.29, 1.82) is 0 Å². The fourth-order valence-corrected chi connectivity index (χ4v) is 2.31. The monoisotopic (exact) mass is 332 g/mol. The van der Waals surface area contributed by atoms with Gasteiger partial charge in [0.05, 0.1) is 17.4 Å². The van der Waals surface area contributed by atoms with Crippen molar-refractivity contribution in [3.8, 4) is 0 Å². The van der Waals surface area contributed by atoms with Gasteiger partial charge < -0.3 is 9.73 Å². The van der Waals surface area contributed by atoms with Crippen molar-refractivity contribution >= 4 is 32.7 Å². The number of nitrogens with zero attached hydrogens (tertiary/aromatic N) is 3. The normalized spacial score (nSPS) is 12.6. The second-order valence-electron chi connectivity index (χ2n) is 4.55. The van der Waals surface area contributed by atoms with Crippen molar-refractivity contribution < 1.29 is 4.42 Å². The Bertz CT molecular complexity index is 756. The van der Waals surface area contributed by atoms with E-state index < -0.39 is 0 Å². The van der Waals surface area contributed by atoms with Gasteiger partial charge in [-0.05, 0) is 41.9 Å². The lowest BCUT2D eigenvalue weighted by molar-refractivity contribution is 0.454. The fraction of sp³-hybridized carbons (Fsp3) is 0.214. The lowest BCUT2D eigenvalue weighted by Gasteiger charge is -2.13. The van der Waals surface area contributed by atoms with Crippen LogP contribution in [0.4, 0.5) is 5.69 Å². The number of oxazole rings is 1. The van der Waals surface area contributed by atoms with Gasteiger partial charge >= 0.3 is 0 Å². The van der Waals surface area contributed by atoms with E-state index in [1.54, 1.807) is 18.6 Å². The third-order valence-electron chi connectivity index (χ3n) is 2.93. The number of pyridine rings is 2. The van der Waals surface area contributed by atoms with Gasteiger partial charge in [-0.1, -0.05) is 0 Å². The van der Waals surface area contributed by atoms with Crippen LogP contribution >= 0.6 is 15.9 Å². The Labute approximate surface area is 124 Å². The van der Waals surface area contributed by atoms with Crippen molar-refractivity contribution in [2.75, 3.05) is 5.32 Å². The number of aromatic nitrogens is 3. The molecule has 0 aliphatic rings. The molecule has 5 nitrogen and oxygen atoms in total. The smallest absolute Gasteiger partial charge is 0.216 e. The molecule has 0 aromatic carbocycles. The summed E-state index contributed by atoms with van der Waals surface area (Å²) in [6.07, 6.45) is 5.23. The van der Waals surface area contributed by atoms with Crippen LogP contribution in [-0.4, -0.2) is 15.0 Å². The molecule has 0 bridgehead atoms. The minimum atomic E-state index is -0.0419. The molecule has 0 spiro atoms. The third kappa shape index (κ3) is 2.51. The zero-order chi connectivity index (χ0) is 14.1. The van der Waals surface area contributed by atoms with E-state index in [-0.39, 0.29) is 6.04 Å². The molecule has 102 valence electrons. The summed E-state index contributed by atoms with van der Waals surface area (Å²) in [5, 5.41) is 3.36. The van der Waals surface area contributed by atoms with Crippen LogP contribution in [0.1, 0.15) is 24.6 Å². The molecule has 3 rings (SSSR count). The standard InChI is InChI=1S/C14H13BrN4O/c1-8-6-18-14(20-8)9(2)19-11-3-4-16-12-5-10(15)7-17-13(11)12/h3-7,9H,1-2H3,(H,16,19). The Morgan fingerprint density at radius 2 is 2.10 bits per heavy atom. The van der Waals surface area contributed by atoms with Crippen LogP contribution in [0.25, 0.3) is 11.0 Å². The van der Waals surface area contributed by atoms with E-state index >= 15 is 0 Å². The first-order valence-electron chi connectivity index (χ1n) is 6.22. The number of rotatable bonds is 3. The quantitative estimate of drug-likeness (QED) is 0.788. The van der Waals surface area contributed by atoms with Gasteiger partial charge in [0.2, 0.25) is 5.89 Å². The van der Waals surface area contributed by atoms with Gasteiger partial charge in [0.15, 0.2) is 0 Å². The molecule has 0 radical (unpaired) electrons. The Balaban J connectivity index is 1.94. The van der Waals surface area contributed by atoms with Crippen LogP contribution in [-0.2, 0) is 0 Å². The van der Waals surface area contributed by atoms with E-state index in [0.29, 0.717) is 5.89 Å². The first-order valence-corrected chi connectivity index (χ1v) is 7.02. The summed E-state index contributed by atoms with van der Waals surface area (Å²) >= 11 is 3.40. The van der Waals surface area contributed by atoms with Gasteiger partial charge in [0, 0.05) is 16.9 Å². The second kappa shape index (κ2) is 5.20. The molecule has 0 aliphatic carbocycles. The molecule has 20 heavy (non-hydrogen) atoms. The summed E-state index contributed by atoms with van der Waals surface area (Å²) in [7, 11) is 0. The fourth-order valence-electron chi connectivity index (χ4n) is 1.99. The highest BCUT2D eigenvalue weighted by molar-refractivity contribution is 9.10. The van der Waals surface area contributed by atoms with Gasteiger partial charge in [-0.3, -0.25) is 9.97 Å². The van der Waals surface area contributed by atoms with Crippen molar-refractivity contribution in [2.45, 2.75) is 19.9 Å². The third-order valence-corrected chi connectivity index (χ3v) is 3.36. The molecule has 3 aromatic heterocycles. The number of hydrogen-bond acceptors (Lipinski definition) is 5. The van der Waals surface area contributed by atoms with E-state index in [1.165, 1.54) is 0 Å². The van der Waals surface area contributed by atoms with Crippen molar-refractivity contribution in [1.82, 2.24) is 15.0 Å². The summed E-state index contributed by atoms with van der Waals surface area (Å²) < 4.78 is 6.44. The highest BCUT2D eigenvalue weighted by Crippen LogP contribution is 2.25. The topological polar surface area (TPSA) is 63.8 Å². The average molecular weight is 333 g/mol. The van der Waals surface area contributed by atoms with Crippen molar-refractivity contribution in [3.63, 3.8) is 0 Å². The number of nitrogens with one attached hydrogen (secondary N) is 1. The Morgan fingerprint density at radius 1 is 1.25 bits per heavy atom. The summed E-state index contributed by atoms with van der Waals surface area (Å²) in [5.41, 5.74) is 2.57. The number of fused-ring (bicyclic) bond motifs is 1. The highest BCUT2D eigenvalue weighted by atomic mass is 79.9. The summed E-state index contributed by atoms with van der Waals surface area (Å²) in [4.78, 5) is 13.0. The van der Waals surface area contributed by atoms with Crippen LogP contribution in [0.2, 0.25) is 0 Å². The zero-order valence-electron chi connectivity index (χ0n) is 11.1. The van der Waals surface area contributed by atoms with E-state index in [9.17, 15) is 0 Å². The van der Waals surface area contributed by atoms with Gasteiger partial charge in [0.25, 0.3) is 0 Å². The lowest BCUT2D eigenvalue weighted by Crippen LogP contribution is -2.07. The minimum absolute atomic E-state index is 0.0419. The van der Waals surface area contributed by atoms with Gasteiger partial charge in [-0.25, -0.2) is 4.98 Å². The predicted octanol–water partition coefficient (Wildman–Crippen LogP) is 3.86. The summed E-state index contributed by atoms with van der Waals surface area (Å²) in [6.45, 7) is 3.88.